The summed E-state index contributed by atoms with van der Waals surface area (Å²) in [5.74, 6) is -1.90. The van der Waals surface area contributed by atoms with Crippen LogP contribution < -0.4 is 5.73 Å². The van der Waals surface area contributed by atoms with Crippen molar-refractivity contribution in [3.8, 4) is 0 Å². The predicted octanol–water partition coefficient (Wildman–Crippen LogP) is 4.62. The van der Waals surface area contributed by atoms with E-state index in [-0.39, 0.29) is 6.61 Å². The summed E-state index contributed by atoms with van der Waals surface area (Å²) in [6.45, 7) is 1.86. The van der Waals surface area contributed by atoms with E-state index in [0.29, 0.717) is 6.42 Å². The van der Waals surface area contributed by atoms with E-state index in [1.807, 2.05) is 13.0 Å². The quantitative estimate of drug-likeness (QED) is 0.293. The zero-order chi connectivity index (χ0) is 21.8. The molecule has 2 rings (SSSR count). The number of aliphatic carboxylic acids is 1. The van der Waals surface area contributed by atoms with Gasteiger partial charge in [-0.25, -0.2) is 9.59 Å². The van der Waals surface area contributed by atoms with Gasteiger partial charge in [0.2, 0.25) is 0 Å². The summed E-state index contributed by atoms with van der Waals surface area (Å²) in [7, 11) is 0. The molecule has 0 aliphatic heterocycles. The summed E-state index contributed by atoms with van der Waals surface area (Å²) >= 11 is 1.74. The number of ether oxygens (including phenoxy) is 1. The third-order valence-corrected chi connectivity index (χ3v) is 5.60. The largest absolute Gasteiger partial charge is 0.478 e. The molecule has 2 aromatic rings. The van der Waals surface area contributed by atoms with Crippen LogP contribution in [0.2, 0.25) is 0 Å². The second-order valence-corrected chi connectivity index (χ2v) is 8.72. The molecule has 0 aliphatic carbocycles. The number of aryl methyl sites for hydroxylation is 2. The highest BCUT2D eigenvalue weighted by molar-refractivity contribution is 7.12. The first kappa shape index (κ1) is 23.6. The first-order chi connectivity index (χ1) is 14.3. The maximum Gasteiger partial charge on any atom is 0.331 e. The third kappa shape index (κ3) is 9.67. The molecule has 3 N–H and O–H groups in total. The Morgan fingerprint density at radius 1 is 1.13 bits per heavy atom. The van der Waals surface area contributed by atoms with Gasteiger partial charge in [0, 0.05) is 27.4 Å². The average molecular weight is 428 g/mol. The van der Waals surface area contributed by atoms with Gasteiger partial charge in [0.25, 0.3) is 0 Å². The number of carboxylic acids is 1. The summed E-state index contributed by atoms with van der Waals surface area (Å²) in [4.78, 5) is 24.3. The van der Waals surface area contributed by atoms with E-state index in [2.05, 4.69) is 48.6 Å². The van der Waals surface area contributed by atoms with Crippen LogP contribution in [0.15, 0.2) is 60.7 Å². The number of thiophene rings is 1. The van der Waals surface area contributed by atoms with Gasteiger partial charge in [-0.1, -0.05) is 36.4 Å². The Bertz CT molecular complexity index is 868. The first-order valence-corrected chi connectivity index (χ1v) is 10.8. The van der Waals surface area contributed by atoms with Gasteiger partial charge in [-0.3, -0.25) is 0 Å². The Morgan fingerprint density at radius 3 is 2.63 bits per heavy atom. The van der Waals surface area contributed by atoms with Gasteiger partial charge in [-0.15, -0.1) is 11.3 Å². The van der Waals surface area contributed by atoms with Gasteiger partial charge in [0.05, 0.1) is 0 Å². The number of rotatable bonds is 12. The number of hydrogen-bond donors (Lipinski definition) is 2. The van der Waals surface area contributed by atoms with E-state index in [0.717, 1.165) is 37.8 Å². The van der Waals surface area contributed by atoms with E-state index in [4.69, 9.17) is 15.6 Å². The van der Waals surface area contributed by atoms with Gasteiger partial charge >= 0.3 is 11.9 Å². The van der Waals surface area contributed by atoms with Crippen LogP contribution in [0.3, 0.4) is 0 Å². The molecule has 0 saturated heterocycles. The maximum atomic E-state index is 11.5. The van der Waals surface area contributed by atoms with Crippen LogP contribution in [0.5, 0.6) is 0 Å². The Hall–Kier alpha value is -2.70. The number of hydrogen-bond acceptors (Lipinski definition) is 5. The molecule has 1 aromatic heterocycles. The van der Waals surface area contributed by atoms with E-state index in [1.54, 1.807) is 11.3 Å². The van der Waals surface area contributed by atoms with Crippen molar-refractivity contribution in [1.29, 1.82) is 0 Å². The van der Waals surface area contributed by atoms with Crippen LogP contribution in [-0.4, -0.2) is 29.2 Å². The molecule has 0 bridgehead atoms. The number of unbranched alkanes of at least 4 members (excludes halogenated alkanes) is 1. The summed E-state index contributed by atoms with van der Waals surface area (Å²) < 4.78 is 5.04. The molecule has 1 atom stereocenters. The lowest BCUT2D eigenvalue weighted by Gasteiger charge is -2.23. The van der Waals surface area contributed by atoms with E-state index < -0.39 is 17.5 Å². The van der Waals surface area contributed by atoms with Crippen molar-refractivity contribution < 1.29 is 19.4 Å². The molecule has 0 saturated carbocycles. The first-order valence-electron chi connectivity index (χ1n) is 10.00. The Kier molecular flexibility index (Phi) is 9.51. The average Bonchev–Trinajstić information content (AvgIpc) is 3.18. The highest BCUT2D eigenvalue weighted by Gasteiger charge is 2.20. The van der Waals surface area contributed by atoms with Crippen LogP contribution in [0, 0.1) is 0 Å². The van der Waals surface area contributed by atoms with E-state index >= 15 is 0 Å². The van der Waals surface area contributed by atoms with Crippen LogP contribution >= 0.6 is 11.3 Å². The fraction of sp³-hybridized carbons (Fsp3) is 0.333. The smallest absolute Gasteiger partial charge is 0.331 e. The zero-order valence-corrected chi connectivity index (χ0v) is 18.1. The molecule has 1 unspecified atom stereocenters. The lowest BCUT2D eigenvalue weighted by molar-refractivity contribution is -0.140. The summed E-state index contributed by atoms with van der Waals surface area (Å²) in [5, 5.41) is 8.51. The van der Waals surface area contributed by atoms with Crippen molar-refractivity contribution in [1.82, 2.24) is 0 Å². The molecule has 0 amide bonds. The fourth-order valence-electron chi connectivity index (χ4n) is 2.79. The van der Waals surface area contributed by atoms with Crippen molar-refractivity contribution in [2.45, 2.75) is 44.6 Å². The number of carboxylic acid groups (broad SMARTS) is 1. The molecule has 6 heteroatoms. The number of nitrogens with two attached hydrogens (primary N) is 1. The SMILES string of the molecule is CC(N)(CCc1ccc(C=CCCCc2ccccc2)s1)COC(=O)C=CC(=O)O. The third-order valence-electron chi connectivity index (χ3n) is 4.49. The highest BCUT2D eigenvalue weighted by atomic mass is 32.1. The van der Waals surface area contributed by atoms with Crippen molar-refractivity contribution in [3.05, 3.63) is 76.0 Å². The molecular weight excluding hydrogens is 398 g/mol. The highest BCUT2D eigenvalue weighted by Crippen LogP contribution is 2.22. The van der Waals surface area contributed by atoms with Crippen LogP contribution in [-0.2, 0) is 27.2 Å². The van der Waals surface area contributed by atoms with Gasteiger partial charge < -0.3 is 15.6 Å². The summed E-state index contributed by atoms with van der Waals surface area (Å²) in [6.07, 6.45) is 10.7. The van der Waals surface area contributed by atoms with Gasteiger partial charge in [-0.2, -0.15) is 0 Å². The standard InChI is InChI=1S/C24H29NO4S/c1-24(25,18-29-23(28)15-14-22(26)27)17-16-21-13-12-20(30-21)11-7-3-6-10-19-8-4-2-5-9-19/h2,4-5,7-9,11-15H,3,6,10,16-18,25H2,1H3,(H,26,27). The van der Waals surface area contributed by atoms with Crippen molar-refractivity contribution in [3.63, 3.8) is 0 Å². The van der Waals surface area contributed by atoms with Gasteiger partial charge in [-0.05, 0) is 62.8 Å². The number of carbonyl (C=O) groups excluding carboxylic acids is 1. The molecular formula is C24H29NO4S. The Balaban J connectivity index is 1.70. The van der Waals surface area contributed by atoms with Crippen LogP contribution in [0.4, 0.5) is 0 Å². The zero-order valence-electron chi connectivity index (χ0n) is 17.3. The Morgan fingerprint density at radius 2 is 1.90 bits per heavy atom. The minimum Gasteiger partial charge on any atom is -0.478 e. The van der Waals surface area contributed by atoms with Crippen molar-refractivity contribution in [2.24, 2.45) is 5.73 Å². The predicted molar refractivity (Wildman–Crippen MR) is 121 cm³/mol. The summed E-state index contributed by atoms with van der Waals surface area (Å²) in [6, 6.07) is 14.7. The Labute approximate surface area is 181 Å². The molecule has 0 radical (unpaired) electrons. The molecule has 0 spiro atoms. The second kappa shape index (κ2) is 12.1. The van der Waals surface area contributed by atoms with Gasteiger partial charge in [0.1, 0.15) is 6.61 Å². The van der Waals surface area contributed by atoms with Crippen LogP contribution in [0.1, 0.15) is 41.5 Å². The second-order valence-electron chi connectivity index (χ2n) is 7.52. The van der Waals surface area contributed by atoms with Crippen molar-refractivity contribution in [2.75, 3.05) is 6.61 Å². The monoisotopic (exact) mass is 427 g/mol. The van der Waals surface area contributed by atoms with E-state index in [9.17, 15) is 9.59 Å². The molecule has 1 aromatic carbocycles. The summed E-state index contributed by atoms with van der Waals surface area (Å²) in [5.41, 5.74) is 6.91. The molecule has 5 nitrogen and oxygen atoms in total. The number of benzene rings is 1. The lowest BCUT2D eigenvalue weighted by Crippen LogP contribution is -2.42. The molecule has 160 valence electrons. The minimum atomic E-state index is -1.19. The number of allylic oxidation sites excluding steroid dienone is 1. The maximum absolute atomic E-state index is 11.5. The van der Waals surface area contributed by atoms with Gasteiger partial charge in [0.15, 0.2) is 0 Å². The van der Waals surface area contributed by atoms with Crippen LogP contribution in [0.25, 0.3) is 6.08 Å². The molecule has 1 heterocycles. The van der Waals surface area contributed by atoms with E-state index in [1.165, 1.54) is 15.3 Å². The minimum absolute atomic E-state index is 0.0370. The number of carbonyl (C=O) groups is 2. The molecule has 30 heavy (non-hydrogen) atoms. The molecule has 0 fully saturated rings. The molecule has 0 aliphatic rings. The normalized spacial score (nSPS) is 13.5. The fourth-order valence-corrected chi connectivity index (χ4v) is 3.73. The van der Waals surface area contributed by atoms with Crippen molar-refractivity contribution >= 4 is 29.4 Å². The lowest BCUT2D eigenvalue weighted by atomic mass is 9.98. The number of esters is 1. The topological polar surface area (TPSA) is 89.6 Å².